The van der Waals surface area contributed by atoms with E-state index < -0.39 is 29.0 Å². The largest absolute Gasteiger partial charge is 1.00 e. The van der Waals surface area contributed by atoms with Crippen molar-refractivity contribution in [1.82, 2.24) is 4.31 Å². The Labute approximate surface area is 157 Å². The van der Waals surface area contributed by atoms with Crippen molar-refractivity contribution in [2.75, 3.05) is 6.50 Å². The molecule has 2 rings (SSSR count). The number of fused-ring (bicyclic) bond motifs is 1. The number of halogens is 1. The molecule has 0 aromatic heterocycles. The second-order valence-electron chi connectivity index (χ2n) is 3.87. The fraction of sp³-hybridized carbons (Fsp3) is 0.333. The molecule has 1 aliphatic carbocycles. The van der Waals surface area contributed by atoms with E-state index in [0.717, 1.165) is 0 Å². The average Bonchev–Trinajstić information content (AvgIpc) is 2.65. The molecule has 0 aliphatic heterocycles. The van der Waals surface area contributed by atoms with Gasteiger partial charge >= 0.3 is 51.4 Å². The fourth-order valence-electron chi connectivity index (χ4n) is 2.13. The summed E-state index contributed by atoms with van der Waals surface area (Å²) in [7, 11) is -5.27. The van der Waals surface area contributed by atoms with Gasteiger partial charge in [-0.3, -0.25) is 0 Å². The first kappa shape index (κ1) is 14.2. The molecule has 2 atom stereocenters. The molecular weight excluding hydrogens is 295 g/mol. The first-order valence-corrected chi connectivity index (χ1v) is 6.50. The van der Waals surface area contributed by atoms with Gasteiger partial charge in [-0.1, -0.05) is 30.2 Å². The van der Waals surface area contributed by atoms with Gasteiger partial charge in [0.1, 0.15) is 6.17 Å². The summed E-state index contributed by atoms with van der Waals surface area (Å²) in [6.07, 6.45) is 3.13. The minimum absolute atomic E-state index is 0. The van der Waals surface area contributed by atoms with Gasteiger partial charge in [-0.2, -0.15) is 4.31 Å². The Morgan fingerprint density at radius 1 is 1.58 bits per heavy atom. The molecule has 0 heterocycles. The number of hydrogen-bond acceptors (Lipinski definition) is 3. The van der Waals surface area contributed by atoms with E-state index in [0.29, 0.717) is 5.56 Å². The number of rotatable bonds is 3. The predicted molar refractivity (Wildman–Crippen MR) is 63.0 cm³/mol. The van der Waals surface area contributed by atoms with E-state index in [1.165, 1.54) is 6.07 Å². The number of benzene rings is 1. The summed E-state index contributed by atoms with van der Waals surface area (Å²) in [5, 5.41) is 0. The Bertz CT molecular complexity index is 677. The van der Waals surface area contributed by atoms with Crippen LogP contribution in [0.2, 0.25) is 0 Å². The Morgan fingerprint density at radius 2 is 2.21 bits per heavy atom. The van der Waals surface area contributed by atoms with Crippen molar-refractivity contribution < 1.29 is 71.5 Å². The van der Waals surface area contributed by atoms with Gasteiger partial charge in [0.05, 0.1) is 15.3 Å². The number of nitrogens with zero attached hydrogens (tertiary/aromatic N) is 1. The van der Waals surface area contributed by atoms with Gasteiger partial charge in [-0.25, -0.2) is 12.8 Å². The molecular formula is C12H11FKNO3S. The van der Waals surface area contributed by atoms with Gasteiger partial charge in [0.15, 0.2) is 10.3 Å². The minimum Gasteiger partial charge on any atom is -0.735 e. The molecule has 0 spiro atoms. The number of terminal acetylenes is 1. The molecule has 19 heavy (non-hydrogen) atoms. The maximum Gasteiger partial charge on any atom is 1.00 e. The Balaban J connectivity index is 0.00000220. The second-order valence-corrected chi connectivity index (χ2v) is 5.12. The van der Waals surface area contributed by atoms with Gasteiger partial charge in [-0.05, 0) is 11.1 Å². The molecule has 0 amide bonds. The molecule has 0 saturated carbocycles. The third kappa shape index (κ3) is 3.65. The Morgan fingerprint density at radius 3 is 2.79 bits per heavy atom. The maximum atomic E-state index is 14.1. The third-order valence-electron chi connectivity index (χ3n) is 2.80. The van der Waals surface area contributed by atoms with Crippen molar-refractivity contribution in [2.45, 2.75) is 18.6 Å². The smallest absolute Gasteiger partial charge is 0.735 e. The van der Waals surface area contributed by atoms with E-state index in [2.05, 4.69) is 0 Å². The van der Waals surface area contributed by atoms with Gasteiger partial charge < -0.3 is 4.55 Å². The van der Waals surface area contributed by atoms with Crippen LogP contribution in [0.5, 0.6) is 0 Å². The van der Waals surface area contributed by atoms with E-state index in [-0.39, 0.29) is 67.7 Å². The molecule has 1 aromatic rings. The summed E-state index contributed by atoms with van der Waals surface area (Å²) in [5.74, 6) is 1.59. The van der Waals surface area contributed by atoms with Gasteiger partial charge in [-0.15, -0.1) is 6.42 Å². The minimum atomic E-state index is -5.27. The molecule has 1 aromatic carbocycles. The first-order valence-electron chi connectivity index (χ1n) is 6.13. The Kier molecular flexibility index (Phi) is 5.06. The van der Waals surface area contributed by atoms with E-state index in [1.807, 2.05) is 0 Å². The maximum absolute atomic E-state index is 14.1. The molecule has 1 aliphatic rings. The summed E-state index contributed by atoms with van der Waals surface area (Å²) < 4.78 is 63.1. The van der Waals surface area contributed by atoms with Crippen LogP contribution in [-0.4, -0.2) is 29.9 Å². The molecule has 4 nitrogen and oxygen atoms in total. The quantitative estimate of drug-likeness (QED) is 0.369. The molecule has 0 saturated heterocycles. The van der Waals surface area contributed by atoms with Crippen molar-refractivity contribution in [3.63, 3.8) is 0 Å². The zero-order valence-electron chi connectivity index (χ0n) is 12.2. The first-order chi connectivity index (χ1) is 9.18. The molecule has 7 heteroatoms. The average molecular weight is 308 g/mol. The van der Waals surface area contributed by atoms with E-state index in [1.54, 1.807) is 24.1 Å². The zero-order valence-corrected chi connectivity index (χ0v) is 14.1. The normalized spacial score (nSPS) is 23.9. The second kappa shape index (κ2) is 6.78. The van der Waals surface area contributed by atoms with Crippen molar-refractivity contribution in [1.29, 1.82) is 0 Å². The van der Waals surface area contributed by atoms with Gasteiger partial charge in [0, 0.05) is 6.42 Å². The van der Waals surface area contributed by atoms with Crippen molar-refractivity contribution in [2.24, 2.45) is 0 Å². The van der Waals surface area contributed by atoms with Crippen LogP contribution in [0, 0.1) is 12.3 Å². The van der Waals surface area contributed by atoms with Crippen LogP contribution in [0.1, 0.15) is 19.9 Å². The number of alkyl halides is 1. The molecule has 96 valence electrons. The van der Waals surface area contributed by atoms with Crippen LogP contribution < -0.4 is 51.4 Å². The fourth-order valence-corrected chi connectivity index (χ4v) is 2.81. The SMILES string of the molecule is [2H]C([2H])(C#C)N([C@H]1c2ccccc2C[C@@H]1[18F])S(=O)(=O)[O-].[K+]. The summed E-state index contributed by atoms with van der Waals surface area (Å²) in [5.41, 5.74) is 0.796. The van der Waals surface area contributed by atoms with Crippen LogP contribution in [-0.2, 0) is 16.7 Å². The zero-order chi connectivity index (χ0) is 15.1. The van der Waals surface area contributed by atoms with Crippen LogP contribution in [0.25, 0.3) is 0 Å². The molecule has 0 N–H and O–H groups in total. The van der Waals surface area contributed by atoms with E-state index in [9.17, 15) is 17.4 Å². The van der Waals surface area contributed by atoms with Crippen molar-refractivity contribution in [3.05, 3.63) is 35.4 Å². The molecule has 0 fully saturated rings. The van der Waals surface area contributed by atoms with Gasteiger partial charge in [0.2, 0.25) is 0 Å². The van der Waals surface area contributed by atoms with E-state index >= 15 is 0 Å². The Hall–Kier alpha value is 0.216. The topological polar surface area (TPSA) is 60.4 Å². The summed E-state index contributed by atoms with van der Waals surface area (Å²) in [6, 6.07) is 4.73. The third-order valence-corrected chi connectivity index (χ3v) is 3.60. The molecule has 0 unspecified atom stereocenters. The van der Waals surface area contributed by atoms with Crippen LogP contribution in [0.4, 0.5) is 4.39 Å². The van der Waals surface area contributed by atoms with Gasteiger partial charge in [0.25, 0.3) is 0 Å². The number of hydrogen-bond donors (Lipinski definition) is 0. The summed E-state index contributed by atoms with van der Waals surface area (Å²) in [6.45, 7) is -2.90. The summed E-state index contributed by atoms with van der Waals surface area (Å²) in [4.78, 5) is 0. The standard InChI is InChI=1S/C12H12FNO3S.K/c1-2-7-14(18(15,16)17)12-10-6-4-3-5-9(10)8-11(12)13;/h1,3-6,11-12H,7-8H2,(H,15,16,17);/q;+1/p-1/t11-,12-;/m0./s1/i7D2,13-1;. The molecule has 0 bridgehead atoms. The van der Waals surface area contributed by atoms with Crippen molar-refractivity contribution >= 4 is 10.3 Å². The van der Waals surface area contributed by atoms with Crippen LogP contribution in [0.15, 0.2) is 24.3 Å². The van der Waals surface area contributed by atoms with Crippen LogP contribution in [0.3, 0.4) is 0 Å². The van der Waals surface area contributed by atoms with Crippen LogP contribution >= 0.6 is 0 Å². The molecule has 0 radical (unpaired) electrons. The van der Waals surface area contributed by atoms with Crippen molar-refractivity contribution in [3.8, 4) is 12.3 Å². The summed E-state index contributed by atoms with van der Waals surface area (Å²) >= 11 is 0. The monoisotopic (exact) mass is 308 g/mol. The van der Waals surface area contributed by atoms with E-state index in [4.69, 9.17) is 9.16 Å². The predicted octanol–water partition coefficient (Wildman–Crippen LogP) is -1.98.